The first-order valence-corrected chi connectivity index (χ1v) is 14.0. The maximum atomic E-state index is 5.90. The number of hydrogen-bond donors (Lipinski definition) is 1. The maximum Gasteiger partial charge on any atom is 0.125 e. The van der Waals surface area contributed by atoms with E-state index in [1.807, 2.05) is 50.2 Å². The van der Waals surface area contributed by atoms with E-state index >= 15 is 0 Å². The van der Waals surface area contributed by atoms with Crippen molar-refractivity contribution in [2.24, 2.45) is 10.7 Å². The number of nitrogens with zero attached hydrogens (tertiary/aromatic N) is 2. The van der Waals surface area contributed by atoms with Crippen LogP contribution in [0.1, 0.15) is 43.4 Å². The number of nitrogens with two attached hydrogens (primary N) is 1. The van der Waals surface area contributed by atoms with E-state index in [9.17, 15) is 0 Å². The van der Waals surface area contributed by atoms with Gasteiger partial charge in [0.05, 0.1) is 6.04 Å². The van der Waals surface area contributed by atoms with Gasteiger partial charge in [-0.25, -0.2) is 0 Å². The van der Waals surface area contributed by atoms with Crippen molar-refractivity contribution in [2.45, 2.75) is 32.7 Å². The van der Waals surface area contributed by atoms with E-state index < -0.39 is 0 Å². The number of benzene rings is 4. The summed E-state index contributed by atoms with van der Waals surface area (Å²) in [5.74, 6) is 0.652. The average molecular weight is 526 g/mol. The third kappa shape index (κ3) is 6.86. The number of aliphatic imine (C=N–C) groups is 1. The molecule has 0 bridgehead atoms. The molecule has 3 heteroatoms. The minimum absolute atomic E-state index is 0.357. The molecule has 0 fully saturated rings. The van der Waals surface area contributed by atoms with Gasteiger partial charge in [0, 0.05) is 30.1 Å². The number of hydrogen-bond acceptors (Lipinski definition) is 2. The molecule has 0 saturated carbocycles. The Balaban J connectivity index is 0.000000197. The molecule has 2 aliphatic rings. The van der Waals surface area contributed by atoms with Crippen LogP contribution in [-0.4, -0.2) is 18.9 Å². The Hall–Kier alpha value is -4.63. The van der Waals surface area contributed by atoms with Crippen molar-refractivity contribution < 1.29 is 0 Å². The lowest BCUT2D eigenvalue weighted by atomic mass is 9.94. The Morgan fingerprint density at radius 2 is 1.43 bits per heavy atom. The zero-order chi connectivity index (χ0) is 28.3. The molecule has 6 rings (SSSR count). The summed E-state index contributed by atoms with van der Waals surface area (Å²) in [5, 5.41) is 2.49. The highest BCUT2D eigenvalue weighted by Crippen LogP contribution is 2.36. The smallest absolute Gasteiger partial charge is 0.125 e. The highest BCUT2D eigenvalue weighted by atomic mass is 15.1. The summed E-state index contributed by atoms with van der Waals surface area (Å²) in [5.41, 5.74) is 12.7. The molecule has 0 radical (unpaired) electrons. The van der Waals surface area contributed by atoms with E-state index in [0.717, 1.165) is 24.0 Å². The minimum Gasteiger partial charge on any atom is -0.383 e. The van der Waals surface area contributed by atoms with Crippen LogP contribution in [0.3, 0.4) is 0 Å². The molecule has 3 nitrogen and oxygen atoms in total. The molecule has 40 heavy (non-hydrogen) atoms. The van der Waals surface area contributed by atoms with E-state index in [1.165, 1.54) is 33.2 Å². The molecule has 0 aromatic heterocycles. The third-order valence-electron chi connectivity index (χ3n) is 6.89. The zero-order valence-electron chi connectivity index (χ0n) is 23.8. The monoisotopic (exact) mass is 525 g/mol. The molecule has 4 aromatic carbocycles. The van der Waals surface area contributed by atoms with Crippen molar-refractivity contribution in [1.82, 2.24) is 0 Å². The van der Waals surface area contributed by atoms with Crippen molar-refractivity contribution in [3.8, 4) is 0 Å². The molecular formula is C37H39N3. The zero-order valence-corrected chi connectivity index (χ0v) is 23.8. The van der Waals surface area contributed by atoms with Crippen LogP contribution in [0.25, 0.3) is 21.9 Å². The number of allylic oxidation sites excluding steroid dienone is 4. The number of fused-ring (bicyclic) bond motifs is 3. The first kappa shape index (κ1) is 28.4. The summed E-state index contributed by atoms with van der Waals surface area (Å²) in [6.45, 7) is 8.33. The summed E-state index contributed by atoms with van der Waals surface area (Å²) in [7, 11) is 2.10. The maximum absolute atomic E-state index is 5.90. The predicted molar refractivity (Wildman–Crippen MR) is 176 cm³/mol. The van der Waals surface area contributed by atoms with Crippen LogP contribution in [0, 0.1) is 0 Å². The van der Waals surface area contributed by atoms with Crippen molar-refractivity contribution in [2.75, 3.05) is 11.9 Å². The van der Waals surface area contributed by atoms with Gasteiger partial charge in [-0.05, 0) is 46.4 Å². The van der Waals surface area contributed by atoms with Crippen molar-refractivity contribution >= 4 is 33.4 Å². The number of rotatable bonds is 3. The van der Waals surface area contributed by atoms with Crippen molar-refractivity contribution in [3.63, 3.8) is 0 Å². The van der Waals surface area contributed by atoms with Crippen LogP contribution in [0.15, 0.2) is 139 Å². The molecule has 4 aromatic rings. The van der Waals surface area contributed by atoms with Crippen molar-refractivity contribution in [3.05, 3.63) is 151 Å². The van der Waals surface area contributed by atoms with Gasteiger partial charge in [0.25, 0.3) is 0 Å². The Labute approximate surface area is 239 Å². The first-order chi connectivity index (χ1) is 19.6. The fourth-order valence-corrected chi connectivity index (χ4v) is 4.88. The quantitative estimate of drug-likeness (QED) is 0.165. The van der Waals surface area contributed by atoms with Gasteiger partial charge in [-0.2, -0.15) is 0 Å². The summed E-state index contributed by atoms with van der Waals surface area (Å²) in [4.78, 5) is 6.67. The molecule has 0 amide bonds. The van der Waals surface area contributed by atoms with E-state index in [2.05, 4.69) is 115 Å². The van der Waals surface area contributed by atoms with E-state index in [0.29, 0.717) is 11.9 Å². The van der Waals surface area contributed by atoms with Gasteiger partial charge in [-0.1, -0.05) is 136 Å². The second-order valence-electron chi connectivity index (χ2n) is 9.58. The number of anilines is 1. The molecule has 1 aliphatic heterocycles. The molecule has 0 saturated heterocycles. The standard InChI is InChI=1S/C23H19N.C12H14N2.C2H6/c1-17-12-13-20(18-8-4-3-5-9-18)16-24(2)22-15-14-19-10-6-7-11-21(19)23(17)22;13-12(10-6-2-1-3-7-10)14-11-8-4-5-9-11;1-2/h3-16H,1H2,2H3;1-7,11H,8-9H2,(H2,13,14);1-2H3/b13-12-,20-16+;;. The summed E-state index contributed by atoms with van der Waals surface area (Å²) in [6.07, 6.45) is 12.8. The molecule has 1 aliphatic carbocycles. The topological polar surface area (TPSA) is 41.6 Å². The summed E-state index contributed by atoms with van der Waals surface area (Å²) >= 11 is 0. The van der Waals surface area contributed by atoms with Gasteiger partial charge >= 0.3 is 0 Å². The van der Waals surface area contributed by atoms with Gasteiger partial charge in [-0.15, -0.1) is 0 Å². The largest absolute Gasteiger partial charge is 0.383 e. The van der Waals surface area contributed by atoms with Crippen LogP contribution in [0.5, 0.6) is 0 Å². The lowest BCUT2D eigenvalue weighted by Gasteiger charge is -2.24. The summed E-state index contributed by atoms with van der Waals surface area (Å²) in [6, 6.07) is 33.6. The second-order valence-corrected chi connectivity index (χ2v) is 9.58. The molecule has 202 valence electrons. The normalized spacial score (nSPS) is 16.9. The molecule has 0 spiro atoms. The highest BCUT2D eigenvalue weighted by molar-refractivity contribution is 6.02. The SMILES string of the molecule is C=C1/C=C\C(c2ccccc2)=C/N(C)c2ccc3ccccc3c21.CC.NC(=NC1CC=CC1)c1ccccc1. The summed E-state index contributed by atoms with van der Waals surface area (Å²) < 4.78 is 0. The van der Waals surface area contributed by atoms with Gasteiger partial charge in [-0.3, -0.25) is 4.99 Å². The second kappa shape index (κ2) is 14.0. The van der Waals surface area contributed by atoms with E-state index in [-0.39, 0.29) is 0 Å². The Bertz CT molecular complexity index is 1530. The molecule has 0 atom stereocenters. The lowest BCUT2D eigenvalue weighted by Crippen LogP contribution is -2.16. The Morgan fingerprint density at radius 1 is 0.800 bits per heavy atom. The van der Waals surface area contributed by atoms with Gasteiger partial charge in [0.1, 0.15) is 5.84 Å². The number of amidine groups is 1. The Morgan fingerprint density at radius 3 is 2.12 bits per heavy atom. The van der Waals surface area contributed by atoms with Gasteiger partial charge < -0.3 is 10.6 Å². The average Bonchev–Trinajstić information content (AvgIpc) is 3.53. The Kier molecular flexibility index (Phi) is 9.90. The predicted octanol–water partition coefficient (Wildman–Crippen LogP) is 9.04. The van der Waals surface area contributed by atoms with Crippen LogP contribution in [-0.2, 0) is 0 Å². The first-order valence-electron chi connectivity index (χ1n) is 14.0. The molecule has 2 N–H and O–H groups in total. The van der Waals surface area contributed by atoms with E-state index in [4.69, 9.17) is 5.73 Å². The van der Waals surface area contributed by atoms with Crippen LogP contribution >= 0.6 is 0 Å². The third-order valence-corrected chi connectivity index (χ3v) is 6.89. The van der Waals surface area contributed by atoms with Crippen LogP contribution in [0.4, 0.5) is 5.69 Å². The molecule has 0 unspecified atom stereocenters. The van der Waals surface area contributed by atoms with Gasteiger partial charge in [0.2, 0.25) is 0 Å². The minimum atomic E-state index is 0.357. The fraction of sp³-hybridized carbons (Fsp3) is 0.162. The molecular weight excluding hydrogens is 486 g/mol. The highest BCUT2D eigenvalue weighted by Gasteiger charge is 2.15. The lowest BCUT2D eigenvalue weighted by molar-refractivity contribution is 0.734. The van der Waals surface area contributed by atoms with Crippen molar-refractivity contribution in [1.29, 1.82) is 0 Å². The van der Waals surface area contributed by atoms with E-state index in [1.54, 1.807) is 0 Å². The molecule has 1 heterocycles. The van der Waals surface area contributed by atoms with Gasteiger partial charge in [0.15, 0.2) is 0 Å². The fourth-order valence-electron chi connectivity index (χ4n) is 4.88. The van der Waals surface area contributed by atoms with Crippen LogP contribution in [0.2, 0.25) is 0 Å². The van der Waals surface area contributed by atoms with Crippen LogP contribution < -0.4 is 10.6 Å².